The second-order valence-corrected chi connectivity index (χ2v) is 20.8. The molecule has 13 aromatic rings. The van der Waals surface area contributed by atoms with Gasteiger partial charge in [-0.15, -0.1) is 0 Å². The molecule has 0 aliphatic rings. The molecule has 71 heavy (non-hydrogen) atoms. The summed E-state index contributed by atoms with van der Waals surface area (Å²) in [6, 6.07) is 91.9. The van der Waals surface area contributed by atoms with Gasteiger partial charge in [0.2, 0.25) is 0 Å². The van der Waals surface area contributed by atoms with Crippen molar-refractivity contribution in [2.24, 2.45) is 0 Å². The summed E-state index contributed by atoms with van der Waals surface area (Å²) in [5.41, 5.74) is 13.7. The fourth-order valence-electron chi connectivity index (χ4n) is 10.3. The van der Waals surface area contributed by atoms with Gasteiger partial charge in [-0.05, 0) is 124 Å². The molecule has 0 N–H and O–H groups in total. The molecule has 0 atom stereocenters. The highest BCUT2D eigenvalue weighted by molar-refractivity contribution is 7.85. The lowest BCUT2D eigenvalue weighted by Gasteiger charge is -2.20. The molecule has 5 heteroatoms. The molecule has 336 valence electrons. The van der Waals surface area contributed by atoms with Crippen LogP contribution in [0.25, 0.3) is 93.9 Å². The average Bonchev–Trinajstić information content (AvgIpc) is 3.99. The molecule has 0 aliphatic heterocycles. The van der Waals surface area contributed by atoms with Crippen LogP contribution in [0.2, 0.25) is 0 Å². The Morgan fingerprint density at radius 1 is 0.338 bits per heavy atom. The molecule has 0 bridgehead atoms. The summed E-state index contributed by atoms with van der Waals surface area (Å²) in [5, 5.41) is 6.75. The monoisotopic (exact) mass is 929 g/mol. The van der Waals surface area contributed by atoms with E-state index in [1.165, 1.54) is 0 Å². The number of ether oxygens (including phenoxy) is 1. The molecule has 0 fully saturated rings. The van der Waals surface area contributed by atoms with Gasteiger partial charge in [0.1, 0.15) is 22.7 Å². The van der Waals surface area contributed by atoms with Crippen molar-refractivity contribution in [2.75, 3.05) is 0 Å². The maximum absolute atomic E-state index is 15.5. The Hall–Kier alpha value is -8.95. The minimum Gasteiger partial charge on any atom is -0.457 e. The lowest BCUT2D eigenvalue weighted by atomic mass is 9.95. The number of para-hydroxylation sites is 3. The van der Waals surface area contributed by atoms with Gasteiger partial charge in [0, 0.05) is 48.7 Å². The van der Waals surface area contributed by atoms with E-state index in [0.29, 0.717) is 0 Å². The standard InChI is InChI=1S/C66H44NO3P/c68-71(55-27-6-2-7-28-55,56-29-8-3-9-30-56)57-36-37-64-61(44-57)59-31-10-11-34-63(59)67(64)52-23-14-22-51(41-52)58-32-16-33-60-62-43-50(35-38-65(62)70-66(58)60)48-20-13-18-46(40-48)45-17-12-19-47(39-45)49-21-15-26-54(42-49)69-53-24-4-1-5-25-53/h1-44H. The SMILES string of the molecule is O=P(c1ccccc1)(c1ccccc1)c1ccc2c(c1)c1ccccc1n2-c1cccc(-c2cccc3c2oc2ccc(-c4cccc(-c5cccc(-c6cccc(Oc7ccccc7)c6)c5)c4)cc23)c1. The van der Waals surface area contributed by atoms with Crippen LogP contribution in [0.3, 0.4) is 0 Å². The van der Waals surface area contributed by atoms with Gasteiger partial charge in [-0.2, -0.15) is 0 Å². The number of fused-ring (bicyclic) bond motifs is 6. The van der Waals surface area contributed by atoms with Gasteiger partial charge in [-0.25, -0.2) is 0 Å². The van der Waals surface area contributed by atoms with Crippen molar-refractivity contribution in [1.29, 1.82) is 0 Å². The summed E-state index contributed by atoms with van der Waals surface area (Å²) in [5.74, 6) is 1.62. The molecule has 0 saturated heterocycles. The van der Waals surface area contributed by atoms with Crippen LogP contribution in [-0.2, 0) is 4.57 Å². The third-order valence-electron chi connectivity index (χ3n) is 13.7. The van der Waals surface area contributed by atoms with Gasteiger partial charge in [-0.1, -0.05) is 182 Å². The first-order valence-electron chi connectivity index (χ1n) is 23.9. The lowest BCUT2D eigenvalue weighted by molar-refractivity contribution is 0.483. The Balaban J connectivity index is 0.843. The summed E-state index contributed by atoms with van der Waals surface area (Å²) in [6.45, 7) is 0. The number of benzene rings is 11. The molecule has 0 spiro atoms. The summed E-state index contributed by atoms with van der Waals surface area (Å²) < 4.78 is 30.7. The predicted molar refractivity (Wildman–Crippen MR) is 296 cm³/mol. The maximum atomic E-state index is 15.5. The fraction of sp³-hybridized carbons (Fsp3) is 0. The Bertz CT molecular complexity index is 4130. The van der Waals surface area contributed by atoms with E-state index in [4.69, 9.17) is 9.15 Å². The molecule has 0 radical (unpaired) electrons. The first kappa shape index (κ1) is 42.2. The van der Waals surface area contributed by atoms with E-state index in [0.717, 1.165) is 121 Å². The molecular formula is C66H44NO3P. The first-order chi connectivity index (χ1) is 35.0. The van der Waals surface area contributed by atoms with Crippen molar-refractivity contribution in [3.63, 3.8) is 0 Å². The Morgan fingerprint density at radius 3 is 1.58 bits per heavy atom. The smallest absolute Gasteiger partial charge is 0.171 e. The maximum Gasteiger partial charge on any atom is 0.171 e. The Morgan fingerprint density at radius 2 is 0.873 bits per heavy atom. The number of nitrogens with zero attached hydrogens (tertiary/aromatic N) is 1. The molecule has 4 nitrogen and oxygen atoms in total. The second kappa shape index (κ2) is 17.5. The Kier molecular flexibility index (Phi) is 10.4. The van der Waals surface area contributed by atoms with Gasteiger partial charge >= 0.3 is 0 Å². The number of hydrogen-bond donors (Lipinski definition) is 0. The minimum absolute atomic E-state index is 0.802. The highest BCUT2D eigenvalue weighted by atomic mass is 31.2. The fourth-order valence-corrected chi connectivity index (χ4v) is 13.0. The molecular weight excluding hydrogens is 886 g/mol. The van der Waals surface area contributed by atoms with Crippen molar-refractivity contribution in [1.82, 2.24) is 4.57 Å². The third kappa shape index (κ3) is 7.54. The molecule has 13 rings (SSSR count). The molecule has 2 heterocycles. The van der Waals surface area contributed by atoms with E-state index >= 15 is 4.57 Å². The van der Waals surface area contributed by atoms with Crippen LogP contribution in [-0.4, -0.2) is 4.57 Å². The van der Waals surface area contributed by atoms with Crippen LogP contribution in [0.5, 0.6) is 11.5 Å². The van der Waals surface area contributed by atoms with Crippen LogP contribution in [0.1, 0.15) is 0 Å². The quantitative estimate of drug-likeness (QED) is 0.128. The third-order valence-corrected chi connectivity index (χ3v) is 16.8. The number of aromatic nitrogens is 1. The van der Waals surface area contributed by atoms with Crippen LogP contribution >= 0.6 is 7.14 Å². The van der Waals surface area contributed by atoms with E-state index in [1.54, 1.807) is 0 Å². The lowest BCUT2D eigenvalue weighted by Crippen LogP contribution is -2.24. The first-order valence-corrected chi connectivity index (χ1v) is 25.6. The van der Waals surface area contributed by atoms with Crippen molar-refractivity contribution in [2.45, 2.75) is 0 Å². The zero-order valence-corrected chi connectivity index (χ0v) is 39.4. The number of rotatable bonds is 10. The van der Waals surface area contributed by atoms with Gasteiger partial charge in [-0.3, -0.25) is 0 Å². The number of hydrogen-bond acceptors (Lipinski definition) is 3. The van der Waals surface area contributed by atoms with Crippen molar-refractivity contribution in [3.8, 4) is 61.7 Å². The van der Waals surface area contributed by atoms with Crippen LogP contribution < -0.4 is 20.7 Å². The van der Waals surface area contributed by atoms with Gasteiger partial charge in [0.05, 0.1) is 11.0 Å². The van der Waals surface area contributed by atoms with Crippen molar-refractivity contribution in [3.05, 3.63) is 267 Å². The molecule has 0 saturated carbocycles. The summed E-state index contributed by atoms with van der Waals surface area (Å²) >= 11 is 0. The van der Waals surface area contributed by atoms with Crippen LogP contribution in [0.15, 0.2) is 271 Å². The normalized spacial score (nSPS) is 11.7. The Labute approximate surface area is 411 Å². The molecule has 2 aromatic heterocycles. The highest BCUT2D eigenvalue weighted by Gasteiger charge is 2.30. The second-order valence-electron chi connectivity index (χ2n) is 18.0. The van der Waals surface area contributed by atoms with Crippen molar-refractivity contribution < 1.29 is 13.7 Å². The largest absolute Gasteiger partial charge is 0.457 e. The van der Waals surface area contributed by atoms with E-state index in [-0.39, 0.29) is 0 Å². The number of furan rings is 1. The summed E-state index contributed by atoms with van der Waals surface area (Å²) in [4.78, 5) is 0. The zero-order chi connectivity index (χ0) is 47.3. The van der Waals surface area contributed by atoms with Crippen LogP contribution in [0, 0.1) is 0 Å². The topological polar surface area (TPSA) is 44.4 Å². The highest BCUT2D eigenvalue weighted by Crippen LogP contribution is 2.45. The predicted octanol–water partition coefficient (Wildman–Crippen LogP) is 16.8. The van der Waals surface area contributed by atoms with Crippen LogP contribution in [0.4, 0.5) is 0 Å². The van der Waals surface area contributed by atoms with E-state index in [1.807, 2.05) is 103 Å². The van der Waals surface area contributed by atoms with E-state index in [2.05, 4.69) is 168 Å². The van der Waals surface area contributed by atoms with E-state index < -0.39 is 7.14 Å². The summed E-state index contributed by atoms with van der Waals surface area (Å²) in [6.07, 6.45) is 0. The molecule has 0 unspecified atom stereocenters. The van der Waals surface area contributed by atoms with Crippen molar-refractivity contribution >= 4 is 66.8 Å². The van der Waals surface area contributed by atoms with Gasteiger partial charge in [0.25, 0.3) is 0 Å². The molecule has 0 amide bonds. The zero-order valence-electron chi connectivity index (χ0n) is 38.5. The average molecular weight is 930 g/mol. The van der Waals surface area contributed by atoms with Gasteiger partial charge in [0.15, 0.2) is 7.14 Å². The minimum atomic E-state index is -3.19. The van der Waals surface area contributed by atoms with E-state index in [9.17, 15) is 0 Å². The summed E-state index contributed by atoms with van der Waals surface area (Å²) in [7, 11) is -3.19. The molecule has 0 aliphatic carbocycles. The van der Waals surface area contributed by atoms with Gasteiger partial charge < -0.3 is 18.3 Å². The molecule has 11 aromatic carbocycles.